The molecule has 23 nitrogen and oxygen atoms in total. The third-order valence-electron chi connectivity index (χ3n) is 10.6. The number of rotatable bonds is 10. The number of sulfonamides is 2. The Balaban J connectivity index is 0.000000131. The van der Waals surface area contributed by atoms with Gasteiger partial charge in [0, 0.05) is 5.69 Å². The van der Waals surface area contributed by atoms with Crippen molar-refractivity contribution < 1.29 is 30.1 Å². The number of nitrogens with two attached hydrogens (primary N) is 2. The highest BCUT2D eigenvalue weighted by atomic mass is 35.5. The SMILES string of the molecule is CS(=O)(=O)Nc1ccccc1-c1nnc(-c2nc3ccccc3nc2Cl)o1.CS(=O)(=O)Nc1ccccc1-c1nnc(-c2nc3ccccc3nc2N)o1.Nc1ccccc1-c1nnc(-c2nc3ccccc3nc2Cl)o1. The quantitative estimate of drug-likeness (QED) is 0.0926. The van der Waals surface area contributed by atoms with Gasteiger partial charge in [-0.25, -0.2) is 46.7 Å². The molecular weight excluding hydrogens is 1070 g/mol. The Bertz CT molecular complexity index is 4210. The highest BCUT2D eigenvalue weighted by Gasteiger charge is 2.22. The van der Waals surface area contributed by atoms with Gasteiger partial charge in [-0.1, -0.05) is 96.0 Å². The van der Waals surface area contributed by atoms with Crippen LogP contribution in [0.5, 0.6) is 0 Å². The van der Waals surface area contributed by atoms with Crippen LogP contribution in [0.4, 0.5) is 22.9 Å². The zero-order valence-electron chi connectivity index (χ0n) is 39.8. The maximum absolute atomic E-state index is 11.6. The van der Waals surface area contributed by atoms with E-state index in [9.17, 15) is 16.8 Å². The van der Waals surface area contributed by atoms with Gasteiger partial charge < -0.3 is 24.7 Å². The molecule has 0 bridgehead atoms. The molecule has 0 amide bonds. The topological polar surface area (TPSA) is 338 Å². The van der Waals surface area contributed by atoms with Crippen molar-refractivity contribution in [2.75, 3.05) is 33.4 Å². The third kappa shape index (κ3) is 11.7. The van der Waals surface area contributed by atoms with Crippen LogP contribution in [0.3, 0.4) is 0 Å². The first-order valence-electron chi connectivity index (χ1n) is 22.4. The maximum atomic E-state index is 11.6. The number of nitrogen functional groups attached to an aromatic ring is 2. The van der Waals surface area contributed by atoms with Crippen LogP contribution in [0.2, 0.25) is 10.3 Å². The summed E-state index contributed by atoms with van der Waals surface area (Å²) < 4.78 is 68.2. The van der Waals surface area contributed by atoms with Crippen LogP contribution in [0.25, 0.3) is 102 Å². The molecule has 6 aromatic carbocycles. The van der Waals surface area contributed by atoms with Gasteiger partial charge in [0.2, 0.25) is 37.7 Å². The predicted molar refractivity (Wildman–Crippen MR) is 291 cm³/mol. The Hall–Kier alpha value is -9.56. The predicted octanol–water partition coefficient (Wildman–Crippen LogP) is 9.25. The van der Waals surface area contributed by atoms with Gasteiger partial charge in [-0.15, -0.1) is 30.6 Å². The minimum atomic E-state index is -3.47. The smallest absolute Gasteiger partial charge is 0.270 e. The van der Waals surface area contributed by atoms with E-state index < -0.39 is 20.0 Å². The monoisotopic (exact) mass is 1110 g/mol. The fourth-order valence-electron chi connectivity index (χ4n) is 7.29. The molecule has 0 spiro atoms. The highest BCUT2D eigenvalue weighted by Crippen LogP contribution is 2.35. The van der Waals surface area contributed by atoms with E-state index >= 15 is 0 Å². The number of aromatic nitrogens is 12. The van der Waals surface area contributed by atoms with E-state index in [1.54, 1.807) is 84.9 Å². The first-order valence-corrected chi connectivity index (χ1v) is 26.9. The van der Waals surface area contributed by atoms with E-state index in [4.69, 9.17) is 47.9 Å². The molecule has 6 aromatic heterocycles. The molecular formula is C50H36Cl2N16O7S2. The Morgan fingerprint density at radius 3 is 1.08 bits per heavy atom. The molecule has 6 heterocycles. The zero-order chi connectivity index (χ0) is 53.8. The molecule has 0 saturated carbocycles. The van der Waals surface area contributed by atoms with E-state index in [2.05, 4.69) is 69.9 Å². The van der Waals surface area contributed by atoms with Crippen LogP contribution < -0.4 is 20.9 Å². The molecule has 0 aliphatic carbocycles. The number of anilines is 4. The van der Waals surface area contributed by atoms with Crippen LogP contribution in [-0.2, 0) is 20.0 Å². The molecule has 0 unspecified atom stereocenters. The lowest BCUT2D eigenvalue weighted by Gasteiger charge is -2.07. The fourth-order valence-corrected chi connectivity index (χ4v) is 8.88. The van der Waals surface area contributed by atoms with Gasteiger partial charge in [0.15, 0.2) is 33.2 Å². The summed E-state index contributed by atoms with van der Waals surface area (Å²) in [7, 11) is -6.93. The number of nitrogens with one attached hydrogen (secondary N) is 2. The first kappa shape index (κ1) is 50.9. The number of benzene rings is 6. The standard InChI is InChI=1S/C17H12ClN5O3S.C17H14N6O3S.C16H10ClN5O/c2*1-27(24,25)23-11-7-3-2-6-10(11)16-21-22-17(26-16)14-15(18)20-13-9-5-4-8-12(13)19-14;17-14-13(19-11-7-3-4-8-12(11)20-14)16-22-21-15(23-16)9-5-1-2-6-10(9)18/h2-9,23H,1H3;2-9,23H,1H3,(H2,18,20);1-8H,18H2. The maximum Gasteiger partial charge on any atom is 0.270 e. The Kier molecular flexibility index (Phi) is 14.1. The van der Waals surface area contributed by atoms with Crippen molar-refractivity contribution in [2.24, 2.45) is 0 Å². The lowest BCUT2D eigenvalue weighted by atomic mass is 10.2. The first-order chi connectivity index (χ1) is 37.0. The van der Waals surface area contributed by atoms with Crippen molar-refractivity contribution in [3.63, 3.8) is 0 Å². The minimum Gasteiger partial charge on any atom is -0.414 e. The third-order valence-corrected chi connectivity index (χ3v) is 12.3. The normalized spacial score (nSPS) is 11.4. The van der Waals surface area contributed by atoms with Crippen LogP contribution in [0, 0.1) is 0 Å². The molecule has 0 atom stereocenters. The molecule has 27 heteroatoms. The highest BCUT2D eigenvalue weighted by molar-refractivity contribution is 7.92. The van der Waals surface area contributed by atoms with Crippen molar-refractivity contribution in [1.82, 2.24) is 60.5 Å². The molecule has 12 aromatic rings. The van der Waals surface area contributed by atoms with Gasteiger partial charge in [0.05, 0.1) is 73.7 Å². The number of halogens is 2. The van der Waals surface area contributed by atoms with Crippen molar-refractivity contribution in [3.05, 3.63) is 156 Å². The van der Waals surface area contributed by atoms with Crippen LogP contribution in [0.15, 0.2) is 159 Å². The van der Waals surface area contributed by atoms with Gasteiger partial charge >= 0.3 is 0 Å². The van der Waals surface area contributed by atoms with Gasteiger partial charge in [-0.2, -0.15) is 0 Å². The zero-order valence-corrected chi connectivity index (χ0v) is 43.0. The van der Waals surface area contributed by atoms with Crippen molar-refractivity contribution in [3.8, 4) is 69.1 Å². The van der Waals surface area contributed by atoms with E-state index in [1.807, 2.05) is 60.7 Å². The van der Waals surface area contributed by atoms with E-state index in [-0.39, 0.29) is 57.0 Å². The summed E-state index contributed by atoms with van der Waals surface area (Å²) in [6, 6.07) is 42.6. The molecule has 0 aliphatic heterocycles. The number of para-hydroxylation sites is 9. The largest absolute Gasteiger partial charge is 0.414 e. The lowest BCUT2D eigenvalue weighted by Crippen LogP contribution is -2.10. The Morgan fingerprint density at radius 1 is 0.377 bits per heavy atom. The molecule has 77 heavy (non-hydrogen) atoms. The molecule has 6 N–H and O–H groups in total. The minimum absolute atomic E-state index is 0.0856. The Labute approximate surface area is 446 Å². The van der Waals surface area contributed by atoms with Gasteiger partial charge in [-0.05, 0) is 72.8 Å². The lowest BCUT2D eigenvalue weighted by molar-refractivity contribution is 0.582. The van der Waals surface area contributed by atoms with Crippen LogP contribution in [-0.4, -0.2) is 89.8 Å². The second kappa shape index (κ2) is 21.4. The summed E-state index contributed by atoms with van der Waals surface area (Å²) >= 11 is 12.4. The molecule has 12 rings (SSSR count). The summed E-state index contributed by atoms with van der Waals surface area (Å²) in [5, 5.41) is 24.3. The van der Waals surface area contributed by atoms with E-state index in [0.717, 1.165) is 12.5 Å². The molecule has 384 valence electrons. The van der Waals surface area contributed by atoms with Gasteiger partial charge in [-0.3, -0.25) is 9.44 Å². The molecule has 0 saturated heterocycles. The van der Waals surface area contributed by atoms with E-state index in [1.165, 1.54) is 0 Å². The average Bonchev–Trinajstić information content (AvgIpc) is 4.22. The van der Waals surface area contributed by atoms with Crippen molar-refractivity contribution in [1.29, 1.82) is 0 Å². The number of hydrogen-bond donors (Lipinski definition) is 4. The summed E-state index contributed by atoms with van der Waals surface area (Å²) in [4.78, 5) is 26.2. The fraction of sp³-hybridized carbons (Fsp3) is 0.0400. The molecule has 0 fully saturated rings. The second-order valence-corrected chi connectivity index (χ2v) is 20.5. The summed E-state index contributed by atoms with van der Waals surface area (Å²) in [5.74, 6) is 1.10. The van der Waals surface area contributed by atoms with Gasteiger partial charge in [0.25, 0.3) is 17.7 Å². The number of nitrogens with zero attached hydrogens (tertiary/aromatic N) is 12. The van der Waals surface area contributed by atoms with Crippen LogP contribution >= 0.6 is 23.2 Å². The van der Waals surface area contributed by atoms with Crippen LogP contribution in [0.1, 0.15) is 0 Å². The molecule has 0 aliphatic rings. The summed E-state index contributed by atoms with van der Waals surface area (Å²) in [5.41, 5.74) is 19.5. The molecule has 0 radical (unpaired) electrons. The average molecular weight is 1110 g/mol. The van der Waals surface area contributed by atoms with Crippen molar-refractivity contribution in [2.45, 2.75) is 0 Å². The number of fused-ring (bicyclic) bond motifs is 3. The Morgan fingerprint density at radius 2 is 0.675 bits per heavy atom. The summed E-state index contributed by atoms with van der Waals surface area (Å²) in [6.07, 6.45) is 2.13. The number of hydrogen-bond acceptors (Lipinski definition) is 21. The van der Waals surface area contributed by atoms with E-state index in [0.29, 0.717) is 78.4 Å². The van der Waals surface area contributed by atoms with Gasteiger partial charge in [0.1, 0.15) is 0 Å². The second-order valence-electron chi connectivity index (χ2n) is 16.3. The van der Waals surface area contributed by atoms with Crippen molar-refractivity contribution >= 4 is 99.2 Å². The summed E-state index contributed by atoms with van der Waals surface area (Å²) in [6.45, 7) is 0.